The first-order chi connectivity index (χ1) is 11.9. The van der Waals surface area contributed by atoms with Crippen LogP contribution in [0.4, 0.5) is 5.69 Å². The standard InChI is InChI=1S/C15H11Br2N3O5/c16-10-1-4-14(12(17)6-10)25-8-15(22)19-18-7-9-5-11(20(23)24)2-3-13(9)21/h1-7,21H,8H2,(H,19,22). The number of carbonyl (C=O) groups excluding carboxylic acids is 1. The Kier molecular flexibility index (Phi) is 6.48. The Balaban J connectivity index is 1.92. The van der Waals surface area contributed by atoms with Gasteiger partial charge in [-0.3, -0.25) is 14.9 Å². The number of non-ortho nitro benzene ring substituents is 1. The van der Waals surface area contributed by atoms with Crippen molar-refractivity contribution < 1.29 is 19.6 Å². The molecule has 8 nitrogen and oxygen atoms in total. The van der Waals surface area contributed by atoms with E-state index in [-0.39, 0.29) is 23.6 Å². The molecular formula is C15H11Br2N3O5. The number of phenols is 1. The van der Waals surface area contributed by atoms with Gasteiger partial charge in [-0.25, -0.2) is 5.43 Å². The van der Waals surface area contributed by atoms with E-state index in [0.29, 0.717) is 10.2 Å². The van der Waals surface area contributed by atoms with Gasteiger partial charge < -0.3 is 9.84 Å². The van der Waals surface area contributed by atoms with Crippen LogP contribution in [0.15, 0.2) is 50.4 Å². The van der Waals surface area contributed by atoms with Crippen molar-refractivity contribution in [3.63, 3.8) is 0 Å². The first-order valence-corrected chi connectivity index (χ1v) is 8.32. The minimum atomic E-state index is -0.598. The molecule has 2 N–H and O–H groups in total. The molecule has 0 fully saturated rings. The zero-order valence-corrected chi connectivity index (χ0v) is 15.7. The van der Waals surface area contributed by atoms with Crippen LogP contribution in [-0.2, 0) is 4.79 Å². The van der Waals surface area contributed by atoms with Crippen LogP contribution in [0, 0.1) is 10.1 Å². The number of hydrazone groups is 1. The number of rotatable bonds is 6. The van der Waals surface area contributed by atoms with E-state index in [4.69, 9.17) is 4.74 Å². The lowest BCUT2D eigenvalue weighted by atomic mass is 10.2. The van der Waals surface area contributed by atoms with Crippen molar-refractivity contribution in [1.29, 1.82) is 0 Å². The van der Waals surface area contributed by atoms with Crippen molar-refractivity contribution in [2.75, 3.05) is 6.61 Å². The van der Waals surface area contributed by atoms with Crippen LogP contribution in [0.1, 0.15) is 5.56 Å². The number of hydrogen-bond acceptors (Lipinski definition) is 6. The molecule has 130 valence electrons. The van der Waals surface area contributed by atoms with Gasteiger partial charge in [0, 0.05) is 22.2 Å². The molecule has 0 aliphatic heterocycles. The Hall–Kier alpha value is -2.46. The summed E-state index contributed by atoms with van der Waals surface area (Å²) in [5.74, 6) is -0.242. The topological polar surface area (TPSA) is 114 Å². The highest BCUT2D eigenvalue weighted by Crippen LogP contribution is 2.28. The van der Waals surface area contributed by atoms with E-state index < -0.39 is 10.8 Å². The van der Waals surface area contributed by atoms with Gasteiger partial charge >= 0.3 is 0 Å². The summed E-state index contributed by atoms with van der Waals surface area (Å²) in [6.45, 7) is -0.279. The fourth-order valence-corrected chi connectivity index (χ4v) is 2.86. The number of halogens is 2. The van der Waals surface area contributed by atoms with Crippen LogP contribution in [-0.4, -0.2) is 28.8 Å². The predicted octanol–water partition coefficient (Wildman–Crippen LogP) is 3.35. The molecule has 2 rings (SSSR count). The first-order valence-electron chi connectivity index (χ1n) is 6.74. The third-order valence-corrected chi connectivity index (χ3v) is 3.98. The Bertz CT molecular complexity index is 842. The lowest BCUT2D eigenvalue weighted by molar-refractivity contribution is -0.384. The van der Waals surface area contributed by atoms with E-state index in [1.807, 2.05) is 0 Å². The highest BCUT2D eigenvalue weighted by Gasteiger charge is 2.09. The lowest BCUT2D eigenvalue weighted by Gasteiger charge is -2.07. The van der Waals surface area contributed by atoms with Crippen molar-refractivity contribution in [3.8, 4) is 11.5 Å². The first kappa shape index (κ1) is 18.9. The fraction of sp³-hybridized carbons (Fsp3) is 0.0667. The van der Waals surface area contributed by atoms with E-state index in [1.165, 1.54) is 6.07 Å². The van der Waals surface area contributed by atoms with Crippen LogP contribution in [0.25, 0.3) is 0 Å². The van der Waals surface area contributed by atoms with Gasteiger partial charge in [0.05, 0.1) is 15.6 Å². The van der Waals surface area contributed by atoms with E-state index in [2.05, 4.69) is 42.4 Å². The molecule has 0 saturated heterocycles. The molecule has 0 unspecified atom stereocenters. The van der Waals surface area contributed by atoms with E-state index in [9.17, 15) is 20.0 Å². The number of nitro benzene ring substituents is 1. The van der Waals surface area contributed by atoms with Crippen LogP contribution in [0.2, 0.25) is 0 Å². The number of carbonyl (C=O) groups is 1. The maximum atomic E-state index is 11.7. The highest BCUT2D eigenvalue weighted by molar-refractivity contribution is 9.11. The van der Waals surface area contributed by atoms with Crippen molar-refractivity contribution in [3.05, 3.63) is 61.0 Å². The van der Waals surface area contributed by atoms with Gasteiger partial charge in [-0.2, -0.15) is 5.10 Å². The minimum Gasteiger partial charge on any atom is -0.507 e. The zero-order chi connectivity index (χ0) is 18.4. The summed E-state index contributed by atoms with van der Waals surface area (Å²) in [5, 5.41) is 24.0. The van der Waals surface area contributed by atoms with Crippen LogP contribution >= 0.6 is 31.9 Å². The van der Waals surface area contributed by atoms with Gasteiger partial charge in [-0.15, -0.1) is 0 Å². The SMILES string of the molecule is O=C(COc1ccc(Br)cc1Br)NN=Cc1cc([N+](=O)[O-])ccc1O. The molecule has 1 amide bonds. The summed E-state index contributed by atoms with van der Waals surface area (Å²) in [6, 6.07) is 8.70. The average molecular weight is 473 g/mol. The Morgan fingerprint density at radius 1 is 1.32 bits per heavy atom. The van der Waals surface area contributed by atoms with Gasteiger partial charge in [0.25, 0.3) is 11.6 Å². The largest absolute Gasteiger partial charge is 0.507 e. The Morgan fingerprint density at radius 3 is 2.76 bits per heavy atom. The monoisotopic (exact) mass is 471 g/mol. The Labute approximate surface area is 158 Å². The number of nitrogens with one attached hydrogen (secondary N) is 1. The summed E-state index contributed by atoms with van der Waals surface area (Å²) < 4.78 is 6.88. The molecule has 0 spiro atoms. The number of phenolic OH excluding ortho intramolecular Hbond substituents is 1. The molecule has 0 radical (unpaired) electrons. The maximum absolute atomic E-state index is 11.7. The van der Waals surface area contributed by atoms with Gasteiger partial charge in [-0.1, -0.05) is 15.9 Å². The third kappa shape index (κ3) is 5.54. The molecule has 10 heteroatoms. The lowest BCUT2D eigenvalue weighted by Crippen LogP contribution is -2.24. The van der Waals surface area contributed by atoms with Crippen molar-refractivity contribution in [2.24, 2.45) is 5.10 Å². The number of benzene rings is 2. The molecule has 0 bridgehead atoms. The number of nitrogens with zero attached hydrogens (tertiary/aromatic N) is 2. The van der Waals surface area contributed by atoms with Crippen LogP contribution in [0.3, 0.4) is 0 Å². The summed E-state index contributed by atoms with van der Waals surface area (Å²) in [5.41, 5.74) is 2.11. The average Bonchev–Trinajstić information content (AvgIpc) is 2.55. The quantitative estimate of drug-likeness (QED) is 0.380. The van der Waals surface area contributed by atoms with Gasteiger partial charge in [0.2, 0.25) is 0 Å². The third-order valence-electron chi connectivity index (χ3n) is 2.87. The maximum Gasteiger partial charge on any atom is 0.277 e. The van der Waals surface area contributed by atoms with Crippen molar-refractivity contribution >= 4 is 49.7 Å². The predicted molar refractivity (Wildman–Crippen MR) is 97.8 cm³/mol. The number of amides is 1. The molecule has 0 aliphatic rings. The minimum absolute atomic E-state index is 0.103. The van der Waals surface area contributed by atoms with E-state index in [0.717, 1.165) is 22.8 Å². The number of ether oxygens (including phenoxy) is 1. The smallest absolute Gasteiger partial charge is 0.277 e. The number of aromatic hydroxyl groups is 1. The molecule has 2 aromatic rings. The molecule has 0 saturated carbocycles. The van der Waals surface area contributed by atoms with Gasteiger partial charge in [0.1, 0.15) is 11.5 Å². The Morgan fingerprint density at radius 2 is 2.08 bits per heavy atom. The van der Waals surface area contributed by atoms with E-state index >= 15 is 0 Å². The second kappa shape index (κ2) is 8.58. The molecule has 0 aromatic heterocycles. The van der Waals surface area contributed by atoms with Crippen molar-refractivity contribution in [1.82, 2.24) is 5.43 Å². The second-order valence-corrected chi connectivity index (χ2v) is 6.43. The van der Waals surface area contributed by atoms with Gasteiger partial charge in [-0.05, 0) is 40.2 Å². The molecule has 0 aliphatic carbocycles. The summed E-state index contributed by atoms with van der Waals surface area (Å²) in [4.78, 5) is 21.8. The summed E-state index contributed by atoms with van der Waals surface area (Å²) >= 11 is 6.61. The van der Waals surface area contributed by atoms with Crippen LogP contribution in [0.5, 0.6) is 11.5 Å². The molecule has 2 aromatic carbocycles. The summed E-state index contributed by atoms with van der Waals surface area (Å²) in [6.07, 6.45) is 1.11. The number of hydrogen-bond donors (Lipinski definition) is 2. The second-order valence-electron chi connectivity index (χ2n) is 4.66. The zero-order valence-electron chi connectivity index (χ0n) is 12.5. The molecule has 0 atom stereocenters. The molecular weight excluding hydrogens is 462 g/mol. The highest BCUT2D eigenvalue weighted by atomic mass is 79.9. The fourth-order valence-electron chi connectivity index (χ4n) is 1.70. The molecule has 25 heavy (non-hydrogen) atoms. The number of nitro groups is 1. The normalized spacial score (nSPS) is 10.6. The van der Waals surface area contributed by atoms with Crippen LogP contribution < -0.4 is 10.2 Å². The van der Waals surface area contributed by atoms with Gasteiger partial charge in [0.15, 0.2) is 6.61 Å². The molecule has 0 heterocycles. The van der Waals surface area contributed by atoms with E-state index in [1.54, 1.807) is 18.2 Å². The van der Waals surface area contributed by atoms with Crippen molar-refractivity contribution in [2.45, 2.75) is 0 Å². The summed E-state index contributed by atoms with van der Waals surface area (Å²) in [7, 11) is 0.